The molecule has 0 radical (unpaired) electrons. The van der Waals surface area contributed by atoms with Gasteiger partial charge in [-0.3, -0.25) is 29.5 Å². The Kier molecular flexibility index (Phi) is 26.9. The van der Waals surface area contributed by atoms with E-state index in [1.54, 1.807) is 41.8 Å². The van der Waals surface area contributed by atoms with Gasteiger partial charge in [0.2, 0.25) is 12.6 Å². The van der Waals surface area contributed by atoms with E-state index in [0.717, 1.165) is 29.8 Å². The number of Topliss-reactive ketones (excluding diaryl/α,β-unsaturated/α-hetero) is 2. The fraction of sp³-hybridized carbons (Fsp3) is 0.548. The summed E-state index contributed by atoms with van der Waals surface area (Å²) in [5.41, 5.74) is 10.1. The van der Waals surface area contributed by atoms with E-state index in [-0.39, 0.29) is 84.5 Å². The first-order valence-corrected chi connectivity index (χ1v) is 29.4. The molecule has 0 aliphatic carbocycles. The molecule has 4 aromatic carbocycles. The van der Waals surface area contributed by atoms with Crippen LogP contribution in [0.3, 0.4) is 0 Å². The third-order valence-electron chi connectivity index (χ3n) is 15.4. The molecule has 6 rings (SSSR count). The fourth-order valence-electron chi connectivity index (χ4n) is 9.48. The van der Waals surface area contributed by atoms with Crippen molar-refractivity contribution in [2.75, 3.05) is 85.1 Å². The lowest BCUT2D eigenvalue weighted by molar-refractivity contribution is -0.386. The van der Waals surface area contributed by atoms with Crippen LogP contribution in [0.4, 0.5) is 21.0 Å². The number of carbonyl (C=O) groups excluding carboxylic acids is 4. The first-order chi connectivity index (χ1) is 39.0. The van der Waals surface area contributed by atoms with E-state index in [0.29, 0.717) is 55.5 Å². The molecule has 4 aromatic rings. The summed E-state index contributed by atoms with van der Waals surface area (Å²) in [7, 11) is 7.78. The first-order valence-electron chi connectivity index (χ1n) is 28.2. The number of nitrogens with zero attached hydrogens (tertiary/aromatic N) is 5. The number of rotatable bonds is 27. The molecule has 0 aromatic heterocycles. The summed E-state index contributed by atoms with van der Waals surface area (Å²) in [6.07, 6.45) is -1.80. The zero-order valence-corrected chi connectivity index (χ0v) is 50.8. The van der Waals surface area contributed by atoms with Gasteiger partial charge in [-0.05, 0) is 125 Å². The number of thioether (sulfide) groups is 1. The highest BCUT2D eigenvalue weighted by Gasteiger charge is 2.44. The summed E-state index contributed by atoms with van der Waals surface area (Å²) in [5, 5.41) is 11.9. The number of aryl methyl sites for hydroxylation is 1. The summed E-state index contributed by atoms with van der Waals surface area (Å²) in [5.74, 6) is 2.33. The molecule has 2 fully saturated rings. The van der Waals surface area contributed by atoms with E-state index in [9.17, 15) is 29.3 Å². The third-order valence-corrected chi connectivity index (χ3v) is 16.4. The Balaban J connectivity index is 0.000000301. The van der Waals surface area contributed by atoms with Gasteiger partial charge < -0.3 is 48.7 Å². The Hall–Kier alpha value is -6.29. The number of ether oxygens (including phenoxy) is 7. The van der Waals surface area contributed by atoms with Gasteiger partial charge in [0.15, 0.2) is 17.3 Å². The number of amides is 2. The molecule has 2 saturated heterocycles. The molecule has 2 aliphatic rings. The second-order valence-electron chi connectivity index (χ2n) is 22.2. The maximum absolute atomic E-state index is 13.0. The highest BCUT2D eigenvalue weighted by Crippen LogP contribution is 2.40. The Morgan fingerprint density at radius 1 is 0.585 bits per heavy atom. The first kappa shape index (κ1) is 66.5. The van der Waals surface area contributed by atoms with Crippen LogP contribution < -0.4 is 15.2 Å². The lowest BCUT2D eigenvalue weighted by Crippen LogP contribution is -2.49. The summed E-state index contributed by atoms with van der Waals surface area (Å²) in [6, 6.07) is 30.0. The third kappa shape index (κ3) is 20.5. The maximum Gasteiger partial charge on any atom is 0.411 e. The molecule has 0 saturated carbocycles. The molecular weight excluding hydrogens is 1070 g/mol. The second kappa shape index (κ2) is 33.1. The van der Waals surface area contributed by atoms with Crippen molar-refractivity contribution in [2.45, 2.75) is 106 Å². The van der Waals surface area contributed by atoms with Crippen molar-refractivity contribution in [3.63, 3.8) is 0 Å². The highest BCUT2D eigenvalue weighted by molar-refractivity contribution is 7.99. The number of benzene rings is 4. The van der Waals surface area contributed by atoms with E-state index in [1.165, 1.54) is 29.5 Å². The van der Waals surface area contributed by atoms with Crippen LogP contribution in [0.5, 0.6) is 11.5 Å². The van der Waals surface area contributed by atoms with Gasteiger partial charge in [-0.15, -0.1) is 11.8 Å². The second-order valence-corrected chi connectivity index (χ2v) is 23.3. The normalized spacial score (nSPS) is 22.3. The average Bonchev–Trinajstić information content (AvgIpc) is 3.66. The zero-order valence-electron chi connectivity index (χ0n) is 50.0. The molecule has 0 bridgehead atoms. The van der Waals surface area contributed by atoms with Crippen molar-refractivity contribution >= 4 is 46.9 Å². The molecule has 82 heavy (non-hydrogen) atoms. The molecule has 2 aliphatic heterocycles. The van der Waals surface area contributed by atoms with Gasteiger partial charge in [-0.25, -0.2) is 9.59 Å². The average molecular weight is 1160 g/mol. The van der Waals surface area contributed by atoms with Crippen molar-refractivity contribution in [2.24, 2.45) is 35.5 Å². The number of hydrogen-bond acceptors (Lipinski definition) is 17. The Bertz CT molecular complexity index is 2650. The standard InChI is InChI=1S/C31H43N3O8.C31H45N3O5S/c1-21-22(2)29(24(4)35)42-30(23(21)3)41-28-13-12-26(18-27(28)34(37)38)19-40-31(36)33(16-15-32(5)6)20-39-17-14-25-10-8-7-9-11-25;1-21-22(2)29(24(4)35)39-30(23(21)3)38-28-13-12-26(18-27(28)32)19-37-31(36)34(16-15-33(5)6)20-40-17-14-25-10-8-7-9-11-25/h7-13,18,21-23,29-30H,14-17,19-20H2,1-6H3;7-13,18,21-23,29-30H,14-17,19-20,32H2,1-6H3/t2*21-,22?,23-,29?,30?/m00/s1. The Morgan fingerprint density at radius 3 is 1.54 bits per heavy atom. The predicted octanol–water partition coefficient (Wildman–Crippen LogP) is 10.2. The zero-order chi connectivity index (χ0) is 60.0. The van der Waals surface area contributed by atoms with Gasteiger partial charge in [0.25, 0.3) is 0 Å². The Morgan fingerprint density at radius 2 is 1.05 bits per heavy atom. The van der Waals surface area contributed by atoms with Crippen LogP contribution >= 0.6 is 11.8 Å². The van der Waals surface area contributed by atoms with Crippen LogP contribution in [0.15, 0.2) is 97.1 Å². The number of hydrogen-bond donors (Lipinski definition) is 1. The van der Waals surface area contributed by atoms with Gasteiger partial charge in [-0.2, -0.15) is 0 Å². The molecule has 2 amide bonds. The van der Waals surface area contributed by atoms with Gasteiger partial charge in [-0.1, -0.05) is 114 Å². The number of nitro benzene ring substituents is 1. The van der Waals surface area contributed by atoms with Crippen molar-refractivity contribution in [1.29, 1.82) is 0 Å². The summed E-state index contributed by atoms with van der Waals surface area (Å²) in [6.45, 7) is 17.9. The van der Waals surface area contributed by atoms with Crippen LogP contribution in [-0.4, -0.2) is 152 Å². The van der Waals surface area contributed by atoms with Gasteiger partial charge in [0, 0.05) is 44.1 Å². The molecule has 6 unspecified atom stereocenters. The number of nitro groups is 1. The Labute approximate surface area is 489 Å². The molecule has 2 N–H and O–H groups in total. The quantitative estimate of drug-likeness (QED) is 0.0193. The minimum atomic E-state index is -0.820. The van der Waals surface area contributed by atoms with Crippen molar-refractivity contribution < 1.29 is 57.3 Å². The molecule has 10 atom stereocenters. The lowest BCUT2D eigenvalue weighted by atomic mass is 9.78. The van der Waals surface area contributed by atoms with E-state index in [1.807, 2.05) is 120 Å². The molecule has 20 heteroatoms. The molecule has 0 spiro atoms. The van der Waals surface area contributed by atoms with Crippen LogP contribution in [0.1, 0.15) is 77.6 Å². The van der Waals surface area contributed by atoms with Crippen LogP contribution in [0, 0.1) is 45.6 Å². The minimum Gasteiger partial charge on any atom is -0.462 e. The maximum atomic E-state index is 13.0. The van der Waals surface area contributed by atoms with Crippen LogP contribution in [0.25, 0.3) is 0 Å². The largest absolute Gasteiger partial charge is 0.462 e. The SMILES string of the molecule is CC(=O)C1OC(Oc2ccc(COC(=O)N(CCN(C)C)COCCc3ccccc3)cc2[N+](=O)[O-])[C@@H](C)[C@@H](C)C1C.CC(=O)C1OC(Oc2ccc(COC(=O)N(CCN(C)C)CSCCc3ccccc3)cc2N)[C@@H](C)[C@@H](C)C1C. The van der Waals surface area contributed by atoms with E-state index >= 15 is 0 Å². The van der Waals surface area contributed by atoms with E-state index in [4.69, 9.17) is 38.9 Å². The number of carbonyl (C=O) groups is 4. The minimum absolute atomic E-state index is 0.000735. The molecular formula is C62H88N6O13S. The number of nitrogen functional groups attached to an aromatic ring is 1. The van der Waals surface area contributed by atoms with Crippen molar-refractivity contribution in [3.8, 4) is 11.5 Å². The van der Waals surface area contributed by atoms with Gasteiger partial charge in [0.1, 0.15) is 37.9 Å². The van der Waals surface area contributed by atoms with Crippen LogP contribution in [-0.2, 0) is 59.3 Å². The monoisotopic (exact) mass is 1160 g/mol. The van der Waals surface area contributed by atoms with Crippen LogP contribution in [0.2, 0.25) is 0 Å². The number of nitrogens with two attached hydrogens (primary N) is 1. The number of ketones is 2. The number of anilines is 1. The summed E-state index contributed by atoms with van der Waals surface area (Å²) >= 11 is 1.72. The predicted molar refractivity (Wildman–Crippen MR) is 318 cm³/mol. The lowest BCUT2D eigenvalue weighted by Gasteiger charge is -2.42. The molecule has 2 heterocycles. The topological polar surface area (TPSA) is 215 Å². The van der Waals surface area contributed by atoms with Crippen molar-refractivity contribution in [3.05, 3.63) is 129 Å². The summed E-state index contributed by atoms with van der Waals surface area (Å²) in [4.78, 5) is 68.7. The highest BCUT2D eigenvalue weighted by atomic mass is 32.2. The van der Waals surface area contributed by atoms with Crippen molar-refractivity contribution in [1.82, 2.24) is 19.6 Å². The number of likely N-dealkylation sites (N-methyl/N-ethyl adjacent to an activating group) is 2. The van der Waals surface area contributed by atoms with E-state index in [2.05, 4.69) is 26.0 Å². The smallest absolute Gasteiger partial charge is 0.411 e. The molecule has 450 valence electrons. The fourth-order valence-corrected chi connectivity index (χ4v) is 10.4. The van der Waals surface area contributed by atoms with E-state index < -0.39 is 35.8 Å². The van der Waals surface area contributed by atoms with Gasteiger partial charge in [0.05, 0.1) is 23.1 Å². The molecule has 19 nitrogen and oxygen atoms in total. The van der Waals surface area contributed by atoms with Gasteiger partial charge >= 0.3 is 17.9 Å². The summed E-state index contributed by atoms with van der Waals surface area (Å²) < 4.78 is 41.0.